The summed E-state index contributed by atoms with van der Waals surface area (Å²) in [6.07, 6.45) is 6.72. The lowest BCUT2D eigenvalue weighted by Crippen LogP contribution is -2.76. The van der Waals surface area contributed by atoms with Gasteiger partial charge in [-0.05, 0) is 77.7 Å². The van der Waals surface area contributed by atoms with Crippen LogP contribution in [0.2, 0.25) is 0 Å². The van der Waals surface area contributed by atoms with Crippen molar-refractivity contribution in [1.29, 1.82) is 0 Å². The van der Waals surface area contributed by atoms with E-state index in [-0.39, 0.29) is 0 Å². The van der Waals surface area contributed by atoms with Crippen LogP contribution in [0.3, 0.4) is 0 Å². The summed E-state index contributed by atoms with van der Waals surface area (Å²) < 4.78 is 8.12. The Hall–Kier alpha value is -7.82. The molecule has 4 atom stereocenters. The Morgan fingerprint density at radius 1 is 0.603 bits per heavy atom. The summed E-state index contributed by atoms with van der Waals surface area (Å²) in [7, 11) is 0. The molecule has 0 radical (unpaired) electrons. The zero-order valence-electron chi connectivity index (χ0n) is 34.1. The maximum absolute atomic E-state index is 8.12. The topological polar surface area (TPSA) is 118 Å². The standard InChI is InChI=1S/C53H39N9O/c1-5-18-38-36(16-1)31-56-49(38)51(48-33-55-42-22-9-10-23-43(42)58-48)52(46-26-13-28-54-46,62-29-27-34-14-4-11-24-44(34)62)39-19-6-12-25-45(39)63-53(51,47-30-35-15-2-8-21-41(35)60-61-47)50-57-32-37-17-3-7-20-40(37)59-50/h1-26,28,30,32-33,49,54,56H,27,29,31H2. The smallest absolute Gasteiger partial charge is 0.227 e. The largest absolute Gasteiger partial charge is 0.471 e. The quantitative estimate of drug-likeness (QED) is 0.169. The van der Waals surface area contributed by atoms with E-state index in [2.05, 4.69) is 106 Å². The molecule has 4 unspecified atom stereocenters. The fraction of sp³-hybridized carbons (Fsp3) is 0.132. The first kappa shape index (κ1) is 35.9. The normalized spacial score (nSPS) is 22.5. The van der Waals surface area contributed by atoms with Crippen molar-refractivity contribution in [3.63, 3.8) is 0 Å². The van der Waals surface area contributed by atoms with E-state index in [0.717, 1.165) is 61.8 Å². The number of anilines is 1. The minimum absolute atomic E-state index is 0.421. The van der Waals surface area contributed by atoms with Crippen molar-refractivity contribution in [3.05, 3.63) is 228 Å². The van der Waals surface area contributed by atoms with E-state index in [0.29, 0.717) is 36.1 Å². The van der Waals surface area contributed by atoms with E-state index >= 15 is 0 Å². The SMILES string of the molecule is c1c[nH]c(C2(N3CCc4ccccc43)c3ccccc3OC(c3cc4ccccc4nn3)(c3ncc4ccccc4n3)C2(c2cnc3ccccc3n2)C2NCc3ccccc32)c1. The predicted octanol–water partition coefficient (Wildman–Crippen LogP) is 9.27. The van der Waals surface area contributed by atoms with Crippen LogP contribution in [0.15, 0.2) is 182 Å². The molecule has 7 heterocycles. The molecule has 0 amide bonds. The van der Waals surface area contributed by atoms with Crippen LogP contribution in [0.5, 0.6) is 5.75 Å². The van der Waals surface area contributed by atoms with Crippen LogP contribution in [0, 0.1) is 0 Å². The maximum Gasteiger partial charge on any atom is 0.227 e. The number of nitrogens with zero attached hydrogens (tertiary/aromatic N) is 7. The fourth-order valence-corrected chi connectivity index (χ4v) is 11.3. The van der Waals surface area contributed by atoms with Crippen molar-refractivity contribution in [2.75, 3.05) is 11.4 Å². The van der Waals surface area contributed by atoms with Gasteiger partial charge in [-0.2, -0.15) is 10.2 Å². The number of hydrogen-bond acceptors (Lipinski definition) is 9. The molecule has 3 aliphatic heterocycles. The summed E-state index contributed by atoms with van der Waals surface area (Å²) >= 11 is 0. The van der Waals surface area contributed by atoms with Gasteiger partial charge in [0.05, 0.1) is 40.0 Å². The number of aromatic amines is 1. The first-order valence-corrected chi connectivity index (χ1v) is 21.5. The number of fused-ring (bicyclic) bond motifs is 6. The second-order valence-electron chi connectivity index (χ2n) is 16.7. The third-order valence-corrected chi connectivity index (χ3v) is 13.8. The second kappa shape index (κ2) is 13.6. The van der Waals surface area contributed by atoms with Crippen LogP contribution < -0.4 is 15.0 Å². The van der Waals surface area contributed by atoms with Gasteiger partial charge < -0.3 is 19.9 Å². The third-order valence-electron chi connectivity index (χ3n) is 13.8. The zero-order chi connectivity index (χ0) is 41.6. The molecular weight excluding hydrogens is 779 g/mol. The van der Waals surface area contributed by atoms with E-state index in [1.54, 1.807) is 0 Å². The number of H-pyrrole nitrogens is 1. The monoisotopic (exact) mass is 817 g/mol. The van der Waals surface area contributed by atoms with Gasteiger partial charge in [0.2, 0.25) is 5.60 Å². The molecule has 63 heavy (non-hydrogen) atoms. The molecule has 6 aromatic carbocycles. The van der Waals surface area contributed by atoms with Crippen molar-refractivity contribution < 1.29 is 4.74 Å². The molecule has 0 bridgehead atoms. The van der Waals surface area contributed by atoms with Crippen molar-refractivity contribution in [2.45, 2.75) is 35.6 Å². The van der Waals surface area contributed by atoms with Crippen molar-refractivity contribution >= 4 is 38.5 Å². The lowest BCUT2D eigenvalue weighted by molar-refractivity contribution is -0.0765. The Labute approximate surface area is 362 Å². The number of rotatable bonds is 6. The van der Waals surface area contributed by atoms with Crippen LogP contribution in [0.4, 0.5) is 5.69 Å². The molecule has 0 spiro atoms. The summed E-state index contributed by atoms with van der Waals surface area (Å²) in [4.78, 5) is 28.7. The lowest BCUT2D eigenvalue weighted by atomic mass is 9.47. The average Bonchev–Trinajstić information content (AvgIpc) is 4.15. The van der Waals surface area contributed by atoms with Gasteiger partial charge in [-0.1, -0.05) is 109 Å². The van der Waals surface area contributed by atoms with Gasteiger partial charge in [0.1, 0.15) is 22.4 Å². The van der Waals surface area contributed by atoms with E-state index in [1.165, 1.54) is 11.1 Å². The third kappa shape index (κ3) is 4.81. The minimum Gasteiger partial charge on any atom is -0.471 e. The maximum atomic E-state index is 8.12. The van der Waals surface area contributed by atoms with Crippen LogP contribution in [0.25, 0.3) is 32.8 Å². The van der Waals surface area contributed by atoms with Gasteiger partial charge in [-0.25, -0.2) is 15.0 Å². The van der Waals surface area contributed by atoms with E-state index in [1.807, 2.05) is 91.4 Å². The highest BCUT2D eigenvalue weighted by atomic mass is 16.5. The average molecular weight is 818 g/mol. The van der Waals surface area contributed by atoms with Crippen LogP contribution in [-0.4, -0.2) is 41.7 Å². The molecule has 0 saturated carbocycles. The second-order valence-corrected chi connectivity index (χ2v) is 16.7. The molecule has 2 N–H and O–H groups in total. The summed E-state index contributed by atoms with van der Waals surface area (Å²) in [6, 6.07) is 56.1. The molecule has 4 aromatic heterocycles. The van der Waals surface area contributed by atoms with Gasteiger partial charge in [0.25, 0.3) is 0 Å². The van der Waals surface area contributed by atoms with Crippen LogP contribution >= 0.6 is 0 Å². The molecule has 10 nitrogen and oxygen atoms in total. The number of ether oxygens (including phenoxy) is 1. The predicted molar refractivity (Wildman–Crippen MR) is 243 cm³/mol. The number of benzene rings is 6. The summed E-state index contributed by atoms with van der Waals surface area (Å²) in [6.45, 7) is 1.28. The number of aromatic nitrogens is 7. The Bertz CT molecular complexity index is 3330. The molecule has 0 fully saturated rings. The molecule has 0 aliphatic carbocycles. The summed E-state index contributed by atoms with van der Waals surface area (Å²) in [5, 5.41) is 16.3. The zero-order valence-corrected chi connectivity index (χ0v) is 34.1. The van der Waals surface area contributed by atoms with Gasteiger partial charge in [-0.15, -0.1) is 0 Å². The first-order valence-electron chi connectivity index (χ1n) is 21.5. The Morgan fingerprint density at radius 3 is 2.24 bits per heavy atom. The molecule has 10 heteroatoms. The fourth-order valence-electron chi connectivity index (χ4n) is 11.3. The molecule has 13 rings (SSSR count). The van der Waals surface area contributed by atoms with Crippen molar-refractivity contribution in [3.8, 4) is 5.75 Å². The molecule has 302 valence electrons. The van der Waals surface area contributed by atoms with Crippen molar-refractivity contribution in [2.24, 2.45) is 0 Å². The first-order chi connectivity index (χ1) is 31.2. The summed E-state index contributed by atoms with van der Waals surface area (Å²) in [5.74, 6) is 1.09. The molecule has 0 saturated heterocycles. The minimum atomic E-state index is -1.70. The van der Waals surface area contributed by atoms with Crippen molar-refractivity contribution in [1.82, 2.24) is 40.4 Å². The highest BCUT2D eigenvalue weighted by molar-refractivity contribution is 5.81. The highest BCUT2D eigenvalue weighted by Gasteiger charge is 2.80. The Kier molecular flexibility index (Phi) is 7.74. The van der Waals surface area contributed by atoms with E-state index in [9.17, 15) is 0 Å². The Morgan fingerprint density at radius 2 is 1.35 bits per heavy atom. The van der Waals surface area contributed by atoms with Gasteiger partial charge in [0, 0.05) is 53.2 Å². The van der Waals surface area contributed by atoms with Gasteiger partial charge in [-0.3, -0.25) is 4.98 Å². The number of nitrogens with one attached hydrogen (secondary N) is 2. The highest BCUT2D eigenvalue weighted by Crippen LogP contribution is 2.71. The number of hydrogen-bond donors (Lipinski definition) is 2. The van der Waals surface area contributed by atoms with Gasteiger partial charge in [0.15, 0.2) is 5.82 Å². The molecular formula is C53H39N9O. The van der Waals surface area contributed by atoms with E-state index in [4.69, 9.17) is 34.9 Å². The molecule has 3 aliphatic rings. The number of para-hydroxylation sites is 5. The van der Waals surface area contributed by atoms with Gasteiger partial charge >= 0.3 is 0 Å². The summed E-state index contributed by atoms with van der Waals surface area (Å²) in [5.41, 5.74) is 6.52. The van der Waals surface area contributed by atoms with E-state index < -0.39 is 22.6 Å². The van der Waals surface area contributed by atoms with Crippen LogP contribution in [-0.2, 0) is 29.5 Å². The van der Waals surface area contributed by atoms with Crippen LogP contribution in [0.1, 0.15) is 51.2 Å². The molecule has 10 aromatic rings. The lowest BCUT2D eigenvalue weighted by Gasteiger charge is -2.65. The Balaban J connectivity index is 1.33.